The van der Waals surface area contributed by atoms with Crippen LogP contribution < -0.4 is 10.6 Å². The van der Waals surface area contributed by atoms with Crippen molar-refractivity contribution in [2.75, 3.05) is 11.9 Å². The van der Waals surface area contributed by atoms with E-state index in [0.717, 1.165) is 27.5 Å². The Morgan fingerprint density at radius 3 is 2.50 bits per heavy atom. The first-order chi connectivity index (χ1) is 13.4. The van der Waals surface area contributed by atoms with E-state index in [9.17, 15) is 14.9 Å². The summed E-state index contributed by atoms with van der Waals surface area (Å²) in [5.74, 6) is -0.321. The van der Waals surface area contributed by atoms with Gasteiger partial charge in [0.1, 0.15) is 5.69 Å². The van der Waals surface area contributed by atoms with Gasteiger partial charge < -0.3 is 10.6 Å². The average molecular weight is 377 g/mol. The van der Waals surface area contributed by atoms with E-state index in [2.05, 4.69) is 28.8 Å². The third-order valence-electron chi connectivity index (χ3n) is 4.94. The largest absolute Gasteiger partial charge is 0.319 e. The Bertz CT molecular complexity index is 1040. The van der Waals surface area contributed by atoms with E-state index in [1.807, 2.05) is 38.1 Å². The van der Waals surface area contributed by atoms with Gasteiger partial charge in [0.2, 0.25) is 5.91 Å². The molecule has 2 N–H and O–H groups in total. The van der Waals surface area contributed by atoms with Gasteiger partial charge in [-0.2, -0.15) is 0 Å². The van der Waals surface area contributed by atoms with Gasteiger partial charge in [-0.25, -0.2) is 0 Å². The number of aryl methyl sites for hydroxylation is 2. The lowest BCUT2D eigenvalue weighted by molar-refractivity contribution is -0.384. The van der Waals surface area contributed by atoms with Crippen LogP contribution >= 0.6 is 0 Å². The molecular weight excluding hydrogens is 354 g/mol. The molecular formula is C22H23N3O3. The molecule has 28 heavy (non-hydrogen) atoms. The number of rotatable bonds is 6. The SMILES string of the molecule is Cc1cc(NC(=O)CN[C@@H](C)c2cccc3ccccc23)c([N+](=O)[O-])cc1C. The number of benzene rings is 3. The maximum Gasteiger partial charge on any atom is 0.293 e. The molecule has 0 aliphatic carbocycles. The van der Waals surface area contributed by atoms with Crippen molar-refractivity contribution in [3.8, 4) is 0 Å². The van der Waals surface area contributed by atoms with Crippen LogP contribution in [-0.2, 0) is 4.79 Å². The number of hydrogen-bond acceptors (Lipinski definition) is 4. The summed E-state index contributed by atoms with van der Waals surface area (Å²) >= 11 is 0. The number of fused-ring (bicyclic) bond motifs is 1. The molecule has 0 bridgehead atoms. The van der Waals surface area contributed by atoms with Crippen LogP contribution in [0.25, 0.3) is 10.8 Å². The van der Waals surface area contributed by atoms with Gasteiger partial charge in [-0.05, 0) is 54.3 Å². The fourth-order valence-electron chi connectivity index (χ4n) is 3.23. The minimum absolute atomic E-state index is 0.0495. The van der Waals surface area contributed by atoms with Crippen molar-refractivity contribution >= 4 is 28.1 Å². The Labute approximate surface area is 163 Å². The second kappa shape index (κ2) is 8.19. The number of hydrogen-bond donors (Lipinski definition) is 2. The number of carbonyl (C=O) groups excluding carboxylic acids is 1. The van der Waals surface area contributed by atoms with E-state index in [-0.39, 0.29) is 29.9 Å². The van der Waals surface area contributed by atoms with Crippen LogP contribution in [0.15, 0.2) is 54.6 Å². The number of anilines is 1. The first kappa shape index (κ1) is 19.5. The number of nitrogens with zero attached hydrogens (tertiary/aromatic N) is 1. The molecule has 0 aliphatic rings. The van der Waals surface area contributed by atoms with Crippen LogP contribution in [0.4, 0.5) is 11.4 Å². The van der Waals surface area contributed by atoms with Crippen LogP contribution in [0, 0.1) is 24.0 Å². The zero-order valence-corrected chi connectivity index (χ0v) is 16.2. The lowest BCUT2D eigenvalue weighted by Gasteiger charge is -2.16. The minimum Gasteiger partial charge on any atom is -0.319 e. The number of nitrogens with one attached hydrogen (secondary N) is 2. The molecule has 6 heteroatoms. The molecule has 0 saturated heterocycles. The first-order valence-electron chi connectivity index (χ1n) is 9.13. The third kappa shape index (κ3) is 4.18. The molecule has 0 aromatic heterocycles. The molecule has 3 aromatic carbocycles. The fraction of sp³-hybridized carbons (Fsp3) is 0.227. The van der Waals surface area contributed by atoms with Crippen molar-refractivity contribution in [3.63, 3.8) is 0 Å². The molecule has 0 aliphatic heterocycles. The van der Waals surface area contributed by atoms with Crippen molar-refractivity contribution in [2.45, 2.75) is 26.8 Å². The second-order valence-electron chi connectivity index (χ2n) is 6.93. The van der Waals surface area contributed by atoms with Gasteiger partial charge in [0.25, 0.3) is 5.69 Å². The fourth-order valence-corrected chi connectivity index (χ4v) is 3.23. The molecule has 1 amide bonds. The van der Waals surface area contributed by atoms with Gasteiger partial charge in [0.15, 0.2) is 0 Å². The van der Waals surface area contributed by atoms with E-state index in [1.54, 1.807) is 13.0 Å². The van der Waals surface area contributed by atoms with Crippen molar-refractivity contribution in [1.29, 1.82) is 0 Å². The molecule has 1 atom stereocenters. The molecule has 3 aromatic rings. The normalized spacial score (nSPS) is 12.0. The van der Waals surface area contributed by atoms with Crippen LogP contribution in [0.3, 0.4) is 0 Å². The molecule has 144 valence electrons. The van der Waals surface area contributed by atoms with Gasteiger partial charge in [0, 0.05) is 12.1 Å². The molecule has 0 unspecified atom stereocenters. The Morgan fingerprint density at radius 1 is 1.07 bits per heavy atom. The predicted molar refractivity (Wildman–Crippen MR) is 112 cm³/mol. The number of amides is 1. The first-order valence-corrected chi connectivity index (χ1v) is 9.13. The van der Waals surface area contributed by atoms with E-state index in [1.165, 1.54) is 6.07 Å². The summed E-state index contributed by atoms with van der Waals surface area (Å²) in [6.45, 7) is 5.71. The van der Waals surface area contributed by atoms with Crippen molar-refractivity contribution in [2.24, 2.45) is 0 Å². The highest BCUT2D eigenvalue weighted by Crippen LogP contribution is 2.28. The van der Waals surface area contributed by atoms with Crippen molar-refractivity contribution < 1.29 is 9.72 Å². The van der Waals surface area contributed by atoms with Crippen LogP contribution in [0.5, 0.6) is 0 Å². The van der Waals surface area contributed by atoms with Crippen LogP contribution in [-0.4, -0.2) is 17.4 Å². The van der Waals surface area contributed by atoms with E-state index >= 15 is 0 Å². The second-order valence-corrected chi connectivity index (χ2v) is 6.93. The Morgan fingerprint density at radius 2 is 1.75 bits per heavy atom. The topological polar surface area (TPSA) is 84.3 Å². The molecule has 0 spiro atoms. The maximum atomic E-state index is 12.4. The number of nitro groups is 1. The lowest BCUT2D eigenvalue weighted by Crippen LogP contribution is -2.30. The average Bonchev–Trinajstić information content (AvgIpc) is 2.68. The van der Waals surface area contributed by atoms with Gasteiger partial charge in [-0.1, -0.05) is 42.5 Å². The summed E-state index contributed by atoms with van der Waals surface area (Å²) < 4.78 is 0. The quantitative estimate of drug-likeness (QED) is 0.484. The van der Waals surface area contributed by atoms with E-state index in [0.29, 0.717) is 0 Å². The minimum atomic E-state index is -0.478. The summed E-state index contributed by atoms with van der Waals surface area (Å²) in [5, 5.41) is 19.4. The monoisotopic (exact) mass is 377 g/mol. The van der Waals surface area contributed by atoms with Gasteiger partial charge >= 0.3 is 0 Å². The van der Waals surface area contributed by atoms with E-state index in [4.69, 9.17) is 0 Å². The van der Waals surface area contributed by atoms with Crippen LogP contribution in [0.1, 0.15) is 29.7 Å². The number of nitro benzene ring substituents is 1. The maximum absolute atomic E-state index is 12.4. The van der Waals surface area contributed by atoms with Crippen LogP contribution in [0.2, 0.25) is 0 Å². The molecule has 0 saturated carbocycles. The predicted octanol–water partition coefficient (Wildman–Crippen LogP) is 4.65. The molecule has 0 fully saturated rings. The van der Waals surface area contributed by atoms with Gasteiger partial charge in [0.05, 0.1) is 11.5 Å². The molecule has 0 radical (unpaired) electrons. The highest BCUT2D eigenvalue weighted by molar-refractivity contribution is 5.94. The molecule has 0 heterocycles. The Balaban J connectivity index is 1.71. The van der Waals surface area contributed by atoms with Gasteiger partial charge in [-0.15, -0.1) is 0 Å². The van der Waals surface area contributed by atoms with Crippen molar-refractivity contribution in [1.82, 2.24) is 5.32 Å². The highest BCUT2D eigenvalue weighted by atomic mass is 16.6. The smallest absolute Gasteiger partial charge is 0.293 e. The Kier molecular flexibility index (Phi) is 5.70. The highest BCUT2D eigenvalue weighted by Gasteiger charge is 2.18. The number of carbonyl (C=O) groups is 1. The third-order valence-corrected chi connectivity index (χ3v) is 4.94. The van der Waals surface area contributed by atoms with E-state index < -0.39 is 4.92 Å². The summed E-state index contributed by atoms with van der Waals surface area (Å²) in [5.41, 5.74) is 2.92. The lowest BCUT2D eigenvalue weighted by atomic mass is 10.00. The zero-order chi connectivity index (χ0) is 20.3. The standard InChI is InChI=1S/C22H23N3O3/c1-14-11-20(21(25(27)28)12-15(14)2)24-22(26)13-23-16(3)18-10-6-8-17-7-4-5-9-19(17)18/h4-12,16,23H,13H2,1-3H3,(H,24,26)/t16-/m0/s1. The Hall–Kier alpha value is -3.25. The van der Waals surface area contributed by atoms with Crippen molar-refractivity contribution in [3.05, 3.63) is 81.4 Å². The van der Waals surface area contributed by atoms with Gasteiger partial charge in [-0.3, -0.25) is 14.9 Å². The molecule has 3 rings (SSSR count). The summed E-state index contributed by atoms with van der Waals surface area (Å²) in [6.07, 6.45) is 0. The summed E-state index contributed by atoms with van der Waals surface area (Å²) in [6, 6.07) is 17.2. The summed E-state index contributed by atoms with van der Waals surface area (Å²) in [7, 11) is 0. The summed E-state index contributed by atoms with van der Waals surface area (Å²) in [4.78, 5) is 23.2. The zero-order valence-electron chi connectivity index (χ0n) is 16.2. The molecule has 6 nitrogen and oxygen atoms in total.